The number of aromatic amines is 1. The van der Waals surface area contributed by atoms with Crippen LogP contribution in [0.5, 0.6) is 0 Å². The van der Waals surface area contributed by atoms with Gasteiger partial charge in [0.15, 0.2) is 0 Å². The molecule has 3 aromatic rings. The molecule has 4 rings (SSSR count). The summed E-state index contributed by atoms with van der Waals surface area (Å²) in [6.07, 6.45) is 0.864. The molecule has 0 radical (unpaired) electrons. The minimum atomic E-state index is -1.02. The molecule has 0 bridgehead atoms. The van der Waals surface area contributed by atoms with Gasteiger partial charge in [0.25, 0.3) is 5.56 Å². The number of nitrogens with zero attached hydrogens (tertiary/aromatic N) is 3. The molecule has 2 heterocycles. The molecule has 32 heavy (non-hydrogen) atoms. The summed E-state index contributed by atoms with van der Waals surface area (Å²) < 4.78 is 1.32. The van der Waals surface area contributed by atoms with Crippen molar-refractivity contribution in [1.29, 1.82) is 0 Å². The molecular formula is C24H25ClN4O3. The summed E-state index contributed by atoms with van der Waals surface area (Å²) in [6, 6.07) is 17.1. The number of rotatable bonds is 6. The molecule has 2 aromatic carbocycles. The Bertz CT molecular complexity index is 1200. The van der Waals surface area contributed by atoms with E-state index < -0.39 is 11.9 Å². The predicted octanol–water partition coefficient (Wildman–Crippen LogP) is 3.70. The van der Waals surface area contributed by atoms with E-state index in [4.69, 9.17) is 16.6 Å². The van der Waals surface area contributed by atoms with Crippen LogP contribution >= 0.6 is 11.6 Å². The van der Waals surface area contributed by atoms with Gasteiger partial charge in [-0.05, 0) is 31.0 Å². The molecule has 0 spiro atoms. The fourth-order valence-corrected chi connectivity index (χ4v) is 4.18. The highest BCUT2D eigenvalue weighted by Gasteiger charge is 2.29. The number of nitrogens with one attached hydrogen (secondary N) is 1. The van der Waals surface area contributed by atoms with Crippen molar-refractivity contribution in [3.05, 3.63) is 86.8 Å². The van der Waals surface area contributed by atoms with Crippen LogP contribution in [-0.4, -0.2) is 51.1 Å². The fraction of sp³-hybridized carbons (Fsp3) is 0.292. The van der Waals surface area contributed by atoms with E-state index in [0.717, 1.165) is 19.5 Å². The lowest BCUT2D eigenvalue weighted by atomic mass is 10.0. The van der Waals surface area contributed by atoms with Crippen LogP contribution in [0, 0.1) is 0 Å². The third-order valence-electron chi connectivity index (χ3n) is 5.66. The molecule has 1 atom stereocenters. The summed E-state index contributed by atoms with van der Waals surface area (Å²) in [7, 11) is 0. The SMILES string of the molecule is CC(C(=O)O)c1[nH]n(-c2ccccc2Cl)c(=O)c1C1=NCCCN(Cc2ccccc2)C1. The fourth-order valence-electron chi connectivity index (χ4n) is 3.96. The number of carbonyl (C=O) groups is 1. The zero-order valence-electron chi connectivity index (χ0n) is 17.8. The van der Waals surface area contributed by atoms with Crippen LogP contribution in [0.1, 0.15) is 36.1 Å². The molecule has 1 aromatic heterocycles. The second-order valence-corrected chi connectivity index (χ2v) is 8.34. The lowest BCUT2D eigenvalue weighted by Gasteiger charge is -2.21. The van der Waals surface area contributed by atoms with Crippen molar-refractivity contribution in [2.45, 2.75) is 25.8 Å². The van der Waals surface area contributed by atoms with Crippen molar-refractivity contribution >= 4 is 23.3 Å². The van der Waals surface area contributed by atoms with E-state index in [1.54, 1.807) is 31.2 Å². The normalized spacial score (nSPS) is 15.8. The van der Waals surface area contributed by atoms with Crippen molar-refractivity contribution in [2.75, 3.05) is 19.6 Å². The highest BCUT2D eigenvalue weighted by Crippen LogP contribution is 2.23. The van der Waals surface area contributed by atoms with Crippen LogP contribution in [0.3, 0.4) is 0 Å². The molecule has 0 fully saturated rings. The van der Waals surface area contributed by atoms with Crippen molar-refractivity contribution in [1.82, 2.24) is 14.7 Å². The summed E-state index contributed by atoms with van der Waals surface area (Å²) in [5, 5.41) is 13.1. The number of aliphatic carboxylic acids is 1. The maximum atomic E-state index is 13.5. The summed E-state index contributed by atoms with van der Waals surface area (Å²) >= 11 is 6.33. The number of hydrogen-bond acceptors (Lipinski definition) is 4. The molecule has 0 aliphatic carbocycles. The monoisotopic (exact) mass is 452 g/mol. The van der Waals surface area contributed by atoms with E-state index in [1.807, 2.05) is 18.2 Å². The Morgan fingerprint density at radius 1 is 1.19 bits per heavy atom. The molecular weight excluding hydrogens is 428 g/mol. The van der Waals surface area contributed by atoms with Gasteiger partial charge in [-0.25, -0.2) is 4.68 Å². The number of aliphatic imine (C=N–C) groups is 1. The Hall–Kier alpha value is -3.16. The number of hydrogen-bond donors (Lipinski definition) is 2. The van der Waals surface area contributed by atoms with Crippen molar-refractivity contribution < 1.29 is 9.90 Å². The van der Waals surface area contributed by atoms with Gasteiger partial charge in [0.1, 0.15) is 0 Å². The van der Waals surface area contributed by atoms with Crippen LogP contribution in [0.25, 0.3) is 5.69 Å². The van der Waals surface area contributed by atoms with Gasteiger partial charge in [-0.15, -0.1) is 0 Å². The van der Waals surface area contributed by atoms with Gasteiger partial charge in [-0.3, -0.25) is 24.6 Å². The average Bonchev–Trinajstić information content (AvgIpc) is 2.96. The second-order valence-electron chi connectivity index (χ2n) is 7.93. The number of carboxylic acid groups (broad SMARTS) is 1. The highest BCUT2D eigenvalue weighted by molar-refractivity contribution is 6.32. The first kappa shape index (κ1) is 22.0. The minimum Gasteiger partial charge on any atom is -0.481 e. The Kier molecular flexibility index (Phi) is 6.58. The number of para-hydroxylation sites is 1. The smallest absolute Gasteiger partial charge is 0.312 e. The van der Waals surface area contributed by atoms with E-state index in [0.29, 0.717) is 40.8 Å². The molecule has 0 amide bonds. The van der Waals surface area contributed by atoms with E-state index >= 15 is 0 Å². The van der Waals surface area contributed by atoms with Gasteiger partial charge in [0.2, 0.25) is 0 Å². The van der Waals surface area contributed by atoms with Crippen molar-refractivity contribution in [2.24, 2.45) is 4.99 Å². The van der Waals surface area contributed by atoms with Crippen molar-refractivity contribution in [3.8, 4) is 5.69 Å². The zero-order valence-corrected chi connectivity index (χ0v) is 18.5. The average molecular weight is 453 g/mol. The Morgan fingerprint density at radius 3 is 2.62 bits per heavy atom. The number of H-pyrrole nitrogens is 1. The zero-order chi connectivity index (χ0) is 22.7. The van der Waals surface area contributed by atoms with Crippen LogP contribution in [-0.2, 0) is 11.3 Å². The first-order valence-corrected chi connectivity index (χ1v) is 11.0. The first-order valence-electron chi connectivity index (χ1n) is 10.6. The third kappa shape index (κ3) is 4.54. The molecule has 0 saturated carbocycles. The van der Waals surface area contributed by atoms with E-state index in [2.05, 4.69) is 22.1 Å². The third-order valence-corrected chi connectivity index (χ3v) is 5.98. The largest absolute Gasteiger partial charge is 0.481 e. The van der Waals surface area contributed by atoms with Gasteiger partial charge in [-0.1, -0.05) is 54.1 Å². The summed E-state index contributed by atoms with van der Waals surface area (Å²) in [6.45, 7) is 4.18. The van der Waals surface area contributed by atoms with E-state index in [9.17, 15) is 14.7 Å². The molecule has 1 aliphatic heterocycles. The second kappa shape index (κ2) is 9.54. The Balaban J connectivity index is 1.77. The molecule has 8 heteroatoms. The number of halogens is 1. The summed E-state index contributed by atoms with van der Waals surface area (Å²) in [4.78, 5) is 32.3. The van der Waals surface area contributed by atoms with Gasteiger partial charge in [0.05, 0.1) is 33.6 Å². The molecule has 1 unspecified atom stereocenters. The quantitative estimate of drug-likeness (QED) is 0.596. The van der Waals surface area contributed by atoms with Crippen LogP contribution in [0.2, 0.25) is 5.02 Å². The lowest BCUT2D eigenvalue weighted by molar-refractivity contribution is -0.138. The van der Waals surface area contributed by atoms with E-state index in [-0.39, 0.29) is 5.56 Å². The maximum absolute atomic E-state index is 13.5. The Morgan fingerprint density at radius 2 is 1.91 bits per heavy atom. The maximum Gasteiger partial charge on any atom is 0.312 e. The van der Waals surface area contributed by atoms with Gasteiger partial charge < -0.3 is 5.11 Å². The van der Waals surface area contributed by atoms with Crippen LogP contribution in [0.4, 0.5) is 0 Å². The summed E-state index contributed by atoms with van der Waals surface area (Å²) in [5.74, 6) is -1.93. The highest BCUT2D eigenvalue weighted by atomic mass is 35.5. The predicted molar refractivity (Wildman–Crippen MR) is 125 cm³/mol. The van der Waals surface area contributed by atoms with Crippen molar-refractivity contribution in [3.63, 3.8) is 0 Å². The van der Waals surface area contributed by atoms with Crippen LogP contribution in [0.15, 0.2) is 64.4 Å². The molecule has 166 valence electrons. The molecule has 1 aliphatic rings. The number of carboxylic acids is 1. The molecule has 2 N–H and O–H groups in total. The summed E-state index contributed by atoms with van der Waals surface area (Å²) in [5.41, 5.74) is 2.56. The number of benzene rings is 2. The molecule has 7 nitrogen and oxygen atoms in total. The number of aromatic nitrogens is 2. The lowest BCUT2D eigenvalue weighted by Crippen LogP contribution is -2.32. The Labute approximate surface area is 191 Å². The van der Waals surface area contributed by atoms with Gasteiger partial charge in [-0.2, -0.15) is 0 Å². The molecule has 0 saturated heterocycles. The first-order chi connectivity index (χ1) is 15.5. The van der Waals surface area contributed by atoms with Crippen LogP contribution < -0.4 is 5.56 Å². The van der Waals surface area contributed by atoms with Gasteiger partial charge >= 0.3 is 5.97 Å². The van der Waals surface area contributed by atoms with E-state index in [1.165, 1.54) is 10.2 Å². The topological polar surface area (TPSA) is 90.7 Å². The minimum absolute atomic E-state index is 0.319. The van der Waals surface area contributed by atoms with Gasteiger partial charge in [0, 0.05) is 26.2 Å². The standard InChI is InChI=1S/C24H25ClN4O3/c1-16(24(31)32)22-21(23(30)29(27-22)20-11-6-5-10-18(20)25)19-15-28(13-7-12-26-19)14-17-8-3-2-4-9-17/h2-6,8-11,16,27H,7,12-15H2,1H3,(H,31,32).